The predicted molar refractivity (Wildman–Crippen MR) is 74.4 cm³/mol. The van der Waals surface area contributed by atoms with Crippen LogP contribution in [0.25, 0.3) is 0 Å². The van der Waals surface area contributed by atoms with Crippen LogP contribution in [0.1, 0.15) is 36.3 Å². The smallest absolute Gasteiger partial charge is 0.368 e. The summed E-state index contributed by atoms with van der Waals surface area (Å²) in [5.74, 6) is -0.0559. The first-order valence-corrected chi connectivity index (χ1v) is 7.52. The molecule has 0 spiro atoms. The minimum atomic E-state index is -4.33. The molecule has 2 unspecified atom stereocenters. The van der Waals surface area contributed by atoms with Gasteiger partial charge in [-0.15, -0.1) is 0 Å². The lowest BCUT2D eigenvalue weighted by molar-refractivity contribution is -0.140. The van der Waals surface area contributed by atoms with Crippen molar-refractivity contribution in [2.24, 2.45) is 0 Å². The number of amides is 1. The van der Waals surface area contributed by atoms with Crippen LogP contribution in [-0.2, 0) is 15.7 Å². The van der Waals surface area contributed by atoms with Crippen molar-refractivity contribution in [1.29, 1.82) is 0 Å². The molecule has 1 aromatic rings. The Morgan fingerprint density at radius 3 is 2.77 bits per heavy atom. The zero-order valence-electron chi connectivity index (χ0n) is 12.1. The molecule has 1 aromatic carbocycles. The van der Waals surface area contributed by atoms with Crippen molar-refractivity contribution in [2.45, 2.75) is 37.5 Å². The van der Waals surface area contributed by atoms with Gasteiger partial charge in [0.15, 0.2) is 0 Å². The van der Waals surface area contributed by atoms with E-state index in [0.717, 1.165) is 18.9 Å². The standard InChI is InChI=1S/C16H18F3NO2/c17-16(18,19)13-4-1-3-11(9-13)12-6-7-20(10-12)15(21)14-5-2-8-22-14/h1,3-4,9,12,14H,2,5-8,10H2. The van der Waals surface area contributed by atoms with Gasteiger partial charge < -0.3 is 9.64 Å². The van der Waals surface area contributed by atoms with Crippen molar-refractivity contribution >= 4 is 5.91 Å². The molecule has 2 aliphatic heterocycles. The summed E-state index contributed by atoms with van der Waals surface area (Å²) in [5.41, 5.74) is 0.0198. The van der Waals surface area contributed by atoms with E-state index >= 15 is 0 Å². The zero-order chi connectivity index (χ0) is 15.7. The molecule has 0 aromatic heterocycles. The van der Waals surface area contributed by atoms with E-state index < -0.39 is 11.7 Å². The lowest BCUT2D eigenvalue weighted by Crippen LogP contribution is -2.37. The predicted octanol–water partition coefficient (Wildman–Crippen LogP) is 3.20. The van der Waals surface area contributed by atoms with Gasteiger partial charge >= 0.3 is 6.18 Å². The topological polar surface area (TPSA) is 29.5 Å². The van der Waals surface area contributed by atoms with E-state index in [2.05, 4.69) is 0 Å². The molecule has 0 aliphatic carbocycles. The molecule has 2 heterocycles. The molecule has 0 bridgehead atoms. The highest BCUT2D eigenvalue weighted by atomic mass is 19.4. The van der Waals surface area contributed by atoms with Crippen molar-refractivity contribution < 1.29 is 22.7 Å². The van der Waals surface area contributed by atoms with Crippen molar-refractivity contribution in [2.75, 3.05) is 19.7 Å². The quantitative estimate of drug-likeness (QED) is 0.839. The van der Waals surface area contributed by atoms with E-state index in [1.54, 1.807) is 11.0 Å². The van der Waals surface area contributed by atoms with E-state index in [9.17, 15) is 18.0 Å². The highest BCUT2D eigenvalue weighted by Gasteiger charge is 2.35. The number of nitrogens with zero attached hydrogens (tertiary/aromatic N) is 1. The molecular weight excluding hydrogens is 295 g/mol. The maximum absolute atomic E-state index is 12.8. The summed E-state index contributed by atoms with van der Waals surface area (Å²) < 4.78 is 43.7. The van der Waals surface area contributed by atoms with Gasteiger partial charge in [0.2, 0.25) is 0 Å². The first kappa shape index (κ1) is 15.3. The molecule has 6 heteroatoms. The van der Waals surface area contributed by atoms with Crippen LogP contribution in [0.3, 0.4) is 0 Å². The number of hydrogen-bond donors (Lipinski definition) is 0. The van der Waals surface area contributed by atoms with Crippen LogP contribution in [0.2, 0.25) is 0 Å². The van der Waals surface area contributed by atoms with Gasteiger partial charge in [0, 0.05) is 25.6 Å². The summed E-state index contributed by atoms with van der Waals surface area (Å²) in [5, 5.41) is 0. The summed E-state index contributed by atoms with van der Waals surface area (Å²) in [7, 11) is 0. The van der Waals surface area contributed by atoms with Crippen molar-refractivity contribution in [3.05, 3.63) is 35.4 Å². The fraction of sp³-hybridized carbons (Fsp3) is 0.562. The van der Waals surface area contributed by atoms with Crippen LogP contribution in [0.4, 0.5) is 13.2 Å². The fourth-order valence-corrected chi connectivity index (χ4v) is 3.18. The van der Waals surface area contributed by atoms with Crippen LogP contribution in [0.5, 0.6) is 0 Å². The van der Waals surface area contributed by atoms with E-state index in [-0.39, 0.29) is 17.9 Å². The Balaban J connectivity index is 1.68. The van der Waals surface area contributed by atoms with Crippen LogP contribution in [0, 0.1) is 0 Å². The molecule has 3 rings (SSSR count). The van der Waals surface area contributed by atoms with E-state index in [4.69, 9.17) is 4.74 Å². The second-order valence-electron chi connectivity index (χ2n) is 5.89. The lowest BCUT2D eigenvalue weighted by atomic mass is 9.96. The molecule has 2 fully saturated rings. The fourth-order valence-electron chi connectivity index (χ4n) is 3.18. The molecule has 0 saturated carbocycles. The number of hydrogen-bond acceptors (Lipinski definition) is 2. The Hall–Kier alpha value is -1.56. The van der Waals surface area contributed by atoms with Crippen LogP contribution in [0.15, 0.2) is 24.3 Å². The van der Waals surface area contributed by atoms with Crippen molar-refractivity contribution in [3.63, 3.8) is 0 Å². The van der Waals surface area contributed by atoms with E-state index in [0.29, 0.717) is 31.7 Å². The molecule has 22 heavy (non-hydrogen) atoms. The van der Waals surface area contributed by atoms with Gasteiger partial charge in [0.05, 0.1) is 5.56 Å². The monoisotopic (exact) mass is 313 g/mol. The average Bonchev–Trinajstić information content (AvgIpc) is 3.17. The number of likely N-dealkylation sites (tertiary alicyclic amines) is 1. The van der Waals surface area contributed by atoms with Gasteiger partial charge in [0.1, 0.15) is 6.10 Å². The molecule has 0 radical (unpaired) electrons. The summed E-state index contributed by atoms with van der Waals surface area (Å²) in [4.78, 5) is 14.0. The van der Waals surface area contributed by atoms with Crippen molar-refractivity contribution in [3.8, 4) is 0 Å². The Morgan fingerprint density at radius 2 is 2.09 bits per heavy atom. The summed E-state index contributed by atoms with van der Waals surface area (Å²) >= 11 is 0. The number of rotatable bonds is 2. The number of carbonyl (C=O) groups is 1. The van der Waals surface area contributed by atoms with Crippen LogP contribution < -0.4 is 0 Å². The largest absolute Gasteiger partial charge is 0.416 e. The Morgan fingerprint density at radius 1 is 1.27 bits per heavy atom. The molecule has 1 amide bonds. The lowest BCUT2D eigenvalue weighted by Gasteiger charge is -2.20. The summed E-state index contributed by atoms with van der Waals surface area (Å²) in [6, 6.07) is 5.42. The van der Waals surface area contributed by atoms with Gasteiger partial charge in [-0.25, -0.2) is 0 Å². The third kappa shape index (κ3) is 3.11. The van der Waals surface area contributed by atoms with E-state index in [1.807, 2.05) is 0 Å². The summed E-state index contributed by atoms with van der Waals surface area (Å²) in [6.07, 6.45) is -2.37. The number of ether oxygens (including phenoxy) is 1. The molecule has 120 valence electrons. The van der Waals surface area contributed by atoms with Gasteiger partial charge in [-0.3, -0.25) is 4.79 Å². The maximum Gasteiger partial charge on any atom is 0.416 e. The SMILES string of the molecule is O=C(C1CCCO1)N1CCC(c2cccc(C(F)(F)F)c2)C1. The number of benzene rings is 1. The average molecular weight is 313 g/mol. The Labute approximate surface area is 127 Å². The highest BCUT2D eigenvalue weighted by Crippen LogP contribution is 2.34. The Kier molecular flexibility index (Phi) is 4.12. The molecule has 2 atom stereocenters. The normalized spacial score (nSPS) is 25.7. The second-order valence-corrected chi connectivity index (χ2v) is 5.89. The van der Waals surface area contributed by atoms with Gasteiger partial charge in [-0.05, 0) is 30.9 Å². The maximum atomic E-state index is 12.8. The zero-order valence-corrected chi connectivity index (χ0v) is 12.1. The molecule has 2 saturated heterocycles. The van der Waals surface area contributed by atoms with Crippen LogP contribution >= 0.6 is 0 Å². The van der Waals surface area contributed by atoms with E-state index in [1.165, 1.54) is 12.1 Å². The molecule has 3 nitrogen and oxygen atoms in total. The third-order valence-electron chi connectivity index (χ3n) is 4.39. The first-order valence-electron chi connectivity index (χ1n) is 7.52. The molecular formula is C16H18F3NO2. The first-order chi connectivity index (χ1) is 10.4. The van der Waals surface area contributed by atoms with Gasteiger partial charge in [-0.1, -0.05) is 18.2 Å². The minimum absolute atomic E-state index is 0.0213. The summed E-state index contributed by atoms with van der Waals surface area (Å²) in [6.45, 7) is 1.67. The number of halogens is 3. The molecule has 0 N–H and O–H groups in total. The molecule has 2 aliphatic rings. The van der Waals surface area contributed by atoms with Crippen LogP contribution in [-0.4, -0.2) is 36.6 Å². The number of alkyl halides is 3. The van der Waals surface area contributed by atoms with Gasteiger partial charge in [0.25, 0.3) is 5.91 Å². The second kappa shape index (κ2) is 5.91. The minimum Gasteiger partial charge on any atom is -0.368 e. The van der Waals surface area contributed by atoms with Crippen molar-refractivity contribution in [1.82, 2.24) is 4.90 Å². The van der Waals surface area contributed by atoms with Gasteiger partial charge in [-0.2, -0.15) is 13.2 Å². The third-order valence-corrected chi connectivity index (χ3v) is 4.39. The Bertz CT molecular complexity index is 553. The highest BCUT2D eigenvalue weighted by molar-refractivity contribution is 5.81. The number of carbonyl (C=O) groups excluding carboxylic acids is 1.